The molecule has 5 rings (SSSR count). The standard InChI is InChI=1S/C28H26ClN7O3/c29-21-5-6-25(39-14-2-13-37)23(16-21)35-28(38)33-22-4-1-3-20(15-22)24-18-36-12-11-31-27(36)26(34-24)32-17-19-7-9-30-10-8-19/h1,3-12,15-16,18,37H,2,13-14,17H2,(H,32,34)(H2,33,35,38). The molecule has 0 aliphatic rings. The number of nitrogens with one attached hydrogen (secondary N) is 3. The SMILES string of the molecule is O=C(Nc1cccc(-c2cn3ccnc3c(NCc3ccncc3)n2)c1)Nc1cc(Cl)ccc1OCCCO. The molecule has 3 heterocycles. The van der Waals surface area contributed by atoms with Gasteiger partial charge in [-0.1, -0.05) is 23.7 Å². The highest BCUT2D eigenvalue weighted by atomic mass is 35.5. The van der Waals surface area contributed by atoms with Crippen molar-refractivity contribution >= 4 is 40.5 Å². The number of hydrogen-bond acceptors (Lipinski definition) is 7. The summed E-state index contributed by atoms with van der Waals surface area (Å²) in [6.45, 7) is 0.890. The molecule has 10 nitrogen and oxygen atoms in total. The molecule has 39 heavy (non-hydrogen) atoms. The molecule has 0 radical (unpaired) electrons. The van der Waals surface area contributed by atoms with Crippen molar-refractivity contribution in [3.63, 3.8) is 0 Å². The van der Waals surface area contributed by atoms with Crippen LogP contribution in [0, 0.1) is 0 Å². The Morgan fingerprint density at radius 3 is 2.77 bits per heavy atom. The zero-order valence-corrected chi connectivity index (χ0v) is 21.6. The number of aromatic nitrogens is 4. The molecule has 0 saturated carbocycles. The van der Waals surface area contributed by atoms with E-state index in [0.717, 1.165) is 11.1 Å². The molecule has 198 valence electrons. The summed E-state index contributed by atoms with van der Waals surface area (Å²) >= 11 is 6.13. The molecule has 0 spiro atoms. The van der Waals surface area contributed by atoms with Crippen LogP contribution in [-0.4, -0.2) is 43.7 Å². The Balaban J connectivity index is 1.33. The Hall–Kier alpha value is -4.67. The molecule has 0 atom stereocenters. The quantitative estimate of drug-likeness (QED) is 0.172. The molecule has 0 bridgehead atoms. The summed E-state index contributed by atoms with van der Waals surface area (Å²) in [5.41, 5.74) is 4.29. The number of pyridine rings is 1. The number of anilines is 3. The van der Waals surface area contributed by atoms with Crippen molar-refractivity contribution in [3.8, 4) is 17.0 Å². The fourth-order valence-electron chi connectivity index (χ4n) is 3.89. The minimum atomic E-state index is -0.459. The van der Waals surface area contributed by atoms with E-state index in [4.69, 9.17) is 26.4 Å². The number of urea groups is 1. The van der Waals surface area contributed by atoms with Gasteiger partial charge >= 0.3 is 6.03 Å². The van der Waals surface area contributed by atoms with Crippen LogP contribution >= 0.6 is 11.6 Å². The number of ether oxygens (including phenoxy) is 1. The number of benzene rings is 2. The molecular weight excluding hydrogens is 518 g/mol. The highest BCUT2D eigenvalue weighted by Crippen LogP contribution is 2.29. The lowest BCUT2D eigenvalue weighted by Crippen LogP contribution is -2.20. The minimum absolute atomic E-state index is 0.0120. The summed E-state index contributed by atoms with van der Waals surface area (Å²) in [6, 6.07) is 15.8. The Kier molecular flexibility index (Phi) is 8.15. The number of carbonyl (C=O) groups is 1. The van der Waals surface area contributed by atoms with Crippen LogP contribution in [0.3, 0.4) is 0 Å². The summed E-state index contributed by atoms with van der Waals surface area (Å²) < 4.78 is 7.57. The Bertz CT molecular complexity index is 1580. The lowest BCUT2D eigenvalue weighted by molar-refractivity contribution is 0.234. The number of nitrogens with zero attached hydrogens (tertiary/aromatic N) is 4. The predicted molar refractivity (Wildman–Crippen MR) is 151 cm³/mol. The van der Waals surface area contributed by atoms with Crippen LogP contribution < -0.4 is 20.7 Å². The van der Waals surface area contributed by atoms with Gasteiger partial charge in [0.2, 0.25) is 0 Å². The van der Waals surface area contributed by atoms with E-state index in [-0.39, 0.29) is 6.61 Å². The van der Waals surface area contributed by atoms with Gasteiger partial charge in [-0.25, -0.2) is 14.8 Å². The number of fused-ring (bicyclic) bond motifs is 1. The van der Waals surface area contributed by atoms with E-state index in [1.807, 2.05) is 47.1 Å². The van der Waals surface area contributed by atoms with Gasteiger partial charge in [0.15, 0.2) is 11.5 Å². The van der Waals surface area contributed by atoms with Crippen LogP contribution in [0.25, 0.3) is 16.9 Å². The summed E-state index contributed by atoms with van der Waals surface area (Å²) in [5, 5.41) is 18.5. The van der Waals surface area contributed by atoms with Crippen LogP contribution in [0.1, 0.15) is 12.0 Å². The predicted octanol–water partition coefficient (Wildman–Crippen LogP) is 5.46. The van der Waals surface area contributed by atoms with Crippen molar-refractivity contribution in [2.24, 2.45) is 0 Å². The maximum absolute atomic E-state index is 12.8. The maximum Gasteiger partial charge on any atom is 0.323 e. The van der Waals surface area contributed by atoms with Gasteiger partial charge in [0, 0.05) is 66.8 Å². The Morgan fingerprint density at radius 1 is 1.05 bits per heavy atom. The second-order valence-electron chi connectivity index (χ2n) is 8.57. The number of halogens is 1. The van der Waals surface area contributed by atoms with Crippen LogP contribution in [0.2, 0.25) is 5.02 Å². The zero-order chi connectivity index (χ0) is 27.0. The third-order valence-corrected chi connectivity index (χ3v) is 5.98. The number of rotatable bonds is 10. The van der Waals surface area contributed by atoms with E-state index >= 15 is 0 Å². The zero-order valence-electron chi connectivity index (χ0n) is 20.8. The van der Waals surface area contributed by atoms with Gasteiger partial charge in [0.25, 0.3) is 0 Å². The molecule has 0 aliphatic heterocycles. The molecular formula is C28H26ClN7O3. The molecule has 11 heteroatoms. The second-order valence-corrected chi connectivity index (χ2v) is 9.00. The second kappa shape index (κ2) is 12.2. The van der Waals surface area contributed by atoms with Gasteiger partial charge in [0.1, 0.15) is 5.75 Å². The lowest BCUT2D eigenvalue weighted by Gasteiger charge is -2.14. The van der Waals surface area contributed by atoms with E-state index in [9.17, 15) is 4.79 Å². The van der Waals surface area contributed by atoms with E-state index in [0.29, 0.717) is 58.9 Å². The summed E-state index contributed by atoms with van der Waals surface area (Å²) in [5.74, 6) is 1.10. The van der Waals surface area contributed by atoms with E-state index < -0.39 is 6.03 Å². The molecule has 0 aliphatic carbocycles. The number of amides is 2. The molecule has 2 aromatic carbocycles. The van der Waals surface area contributed by atoms with Crippen LogP contribution in [0.15, 0.2) is 85.6 Å². The molecule has 0 saturated heterocycles. The smallest absolute Gasteiger partial charge is 0.323 e. The van der Waals surface area contributed by atoms with Gasteiger partial charge < -0.3 is 30.2 Å². The minimum Gasteiger partial charge on any atom is -0.491 e. The van der Waals surface area contributed by atoms with Gasteiger partial charge in [0.05, 0.1) is 18.0 Å². The van der Waals surface area contributed by atoms with E-state index in [1.54, 1.807) is 42.9 Å². The van der Waals surface area contributed by atoms with Gasteiger partial charge in [-0.3, -0.25) is 4.98 Å². The Morgan fingerprint density at radius 2 is 1.92 bits per heavy atom. The third-order valence-electron chi connectivity index (χ3n) is 5.75. The first-order chi connectivity index (χ1) is 19.1. The number of aliphatic hydroxyl groups is 1. The fourth-order valence-corrected chi connectivity index (χ4v) is 4.06. The van der Waals surface area contributed by atoms with Crippen molar-refractivity contribution < 1.29 is 14.6 Å². The molecule has 2 amide bonds. The third kappa shape index (κ3) is 6.61. The van der Waals surface area contributed by atoms with Crippen molar-refractivity contribution in [2.75, 3.05) is 29.2 Å². The number of imidazole rings is 1. The first kappa shape index (κ1) is 26.0. The van der Waals surface area contributed by atoms with Crippen LogP contribution in [0.4, 0.5) is 22.0 Å². The maximum atomic E-state index is 12.8. The molecule has 3 aromatic heterocycles. The topological polar surface area (TPSA) is 126 Å². The molecule has 0 fully saturated rings. The highest BCUT2D eigenvalue weighted by Gasteiger charge is 2.12. The average Bonchev–Trinajstić information content (AvgIpc) is 3.43. The van der Waals surface area contributed by atoms with Crippen molar-refractivity contribution in [1.29, 1.82) is 0 Å². The number of carbonyl (C=O) groups excluding carboxylic acids is 1. The monoisotopic (exact) mass is 543 g/mol. The first-order valence-electron chi connectivity index (χ1n) is 12.3. The van der Waals surface area contributed by atoms with Gasteiger partial charge in [-0.2, -0.15) is 0 Å². The van der Waals surface area contributed by atoms with Gasteiger partial charge in [-0.15, -0.1) is 0 Å². The van der Waals surface area contributed by atoms with Crippen molar-refractivity contribution in [2.45, 2.75) is 13.0 Å². The fraction of sp³-hybridized carbons (Fsp3) is 0.143. The number of aliphatic hydroxyl groups excluding tert-OH is 1. The largest absolute Gasteiger partial charge is 0.491 e. The lowest BCUT2D eigenvalue weighted by atomic mass is 10.1. The van der Waals surface area contributed by atoms with Crippen molar-refractivity contribution in [1.82, 2.24) is 19.4 Å². The van der Waals surface area contributed by atoms with Crippen LogP contribution in [-0.2, 0) is 6.54 Å². The summed E-state index contributed by atoms with van der Waals surface area (Å²) in [6.07, 6.45) is 9.44. The normalized spacial score (nSPS) is 10.8. The molecule has 4 N–H and O–H groups in total. The molecule has 0 unspecified atom stereocenters. The number of hydrogen-bond donors (Lipinski definition) is 4. The van der Waals surface area contributed by atoms with E-state index in [1.165, 1.54) is 0 Å². The van der Waals surface area contributed by atoms with E-state index in [2.05, 4.69) is 25.9 Å². The summed E-state index contributed by atoms with van der Waals surface area (Å²) in [4.78, 5) is 26.1. The van der Waals surface area contributed by atoms with Crippen molar-refractivity contribution in [3.05, 3.63) is 96.2 Å². The highest BCUT2D eigenvalue weighted by molar-refractivity contribution is 6.31. The van der Waals surface area contributed by atoms with Crippen LogP contribution in [0.5, 0.6) is 5.75 Å². The first-order valence-corrected chi connectivity index (χ1v) is 12.6. The van der Waals surface area contributed by atoms with Gasteiger partial charge in [-0.05, 0) is 48.0 Å². The Labute approximate surface area is 229 Å². The summed E-state index contributed by atoms with van der Waals surface area (Å²) in [7, 11) is 0. The average molecular weight is 544 g/mol. The molecule has 5 aromatic rings.